The summed E-state index contributed by atoms with van der Waals surface area (Å²) in [4.78, 5) is 12.1. The van der Waals surface area contributed by atoms with Crippen LogP contribution in [0.1, 0.15) is 27.2 Å². The number of aryl methyl sites for hydroxylation is 2. The number of rotatable bonds is 4. The van der Waals surface area contributed by atoms with E-state index in [1.165, 1.54) is 30.0 Å². The molecule has 0 saturated carbocycles. The van der Waals surface area contributed by atoms with E-state index in [1.54, 1.807) is 6.07 Å². The number of H-pyrrole nitrogens is 1. The van der Waals surface area contributed by atoms with E-state index >= 15 is 0 Å². The first-order valence-corrected chi connectivity index (χ1v) is 7.92. The van der Waals surface area contributed by atoms with Crippen LogP contribution in [0.4, 0.5) is 0 Å². The maximum atomic E-state index is 12.1. The Kier molecular flexibility index (Phi) is 4.70. The van der Waals surface area contributed by atoms with Crippen LogP contribution in [-0.2, 0) is 0 Å². The molecule has 0 radical (unpaired) electrons. The summed E-state index contributed by atoms with van der Waals surface area (Å²) in [6.07, 6.45) is 1.29. The standard InChI is InChI=1S/C19H18N4O3/c1-11-3-4-13(7-12(11)2)16-9-17(22-21-16)19(26)23-20-10-14-5-6-15(24)8-18(14)25/h3-10,24-25H,1-2H3,(H,21,22)(H,23,26). The predicted octanol–water partition coefficient (Wildman–Crippen LogP) is 2.87. The molecular weight excluding hydrogens is 332 g/mol. The lowest BCUT2D eigenvalue weighted by Crippen LogP contribution is -2.18. The van der Waals surface area contributed by atoms with Crippen molar-refractivity contribution in [2.24, 2.45) is 5.10 Å². The topological polar surface area (TPSA) is 111 Å². The fraction of sp³-hybridized carbons (Fsp3) is 0.105. The molecule has 1 heterocycles. The van der Waals surface area contributed by atoms with Gasteiger partial charge in [0.2, 0.25) is 0 Å². The van der Waals surface area contributed by atoms with Crippen molar-refractivity contribution in [3.63, 3.8) is 0 Å². The first-order chi connectivity index (χ1) is 12.4. The summed E-state index contributed by atoms with van der Waals surface area (Å²) in [5.74, 6) is -0.649. The number of benzene rings is 2. The molecule has 1 aromatic heterocycles. The SMILES string of the molecule is Cc1ccc(-c2cc(C(=O)NN=Cc3ccc(O)cc3O)[nH]n2)cc1C. The molecule has 7 nitrogen and oxygen atoms in total. The van der Waals surface area contributed by atoms with Crippen LogP contribution >= 0.6 is 0 Å². The molecule has 0 fully saturated rings. The number of amides is 1. The summed E-state index contributed by atoms with van der Waals surface area (Å²) in [5.41, 5.74) is 6.91. The molecule has 2 aromatic carbocycles. The average molecular weight is 350 g/mol. The van der Waals surface area contributed by atoms with Crippen LogP contribution in [0.15, 0.2) is 47.6 Å². The number of aromatic amines is 1. The number of nitrogens with one attached hydrogen (secondary N) is 2. The quantitative estimate of drug-likeness (QED) is 0.428. The zero-order chi connectivity index (χ0) is 18.7. The Balaban J connectivity index is 1.70. The number of hydrogen-bond acceptors (Lipinski definition) is 5. The molecule has 0 aliphatic carbocycles. The molecule has 4 N–H and O–H groups in total. The molecule has 0 saturated heterocycles. The minimum Gasteiger partial charge on any atom is -0.508 e. The molecule has 3 rings (SSSR count). The molecule has 0 spiro atoms. The van der Waals surface area contributed by atoms with E-state index < -0.39 is 5.91 Å². The number of aromatic nitrogens is 2. The van der Waals surface area contributed by atoms with Gasteiger partial charge in [-0.25, -0.2) is 5.43 Å². The molecule has 0 atom stereocenters. The van der Waals surface area contributed by atoms with Crippen molar-refractivity contribution in [2.45, 2.75) is 13.8 Å². The number of carbonyl (C=O) groups excluding carboxylic acids is 1. The van der Waals surface area contributed by atoms with Gasteiger partial charge in [-0.1, -0.05) is 12.1 Å². The van der Waals surface area contributed by atoms with Gasteiger partial charge in [0, 0.05) is 17.2 Å². The van der Waals surface area contributed by atoms with Crippen molar-refractivity contribution in [3.05, 3.63) is 64.8 Å². The molecule has 0 aliphatic heterocycles. The molecule has 132 valence electrons. The Morgan fingerprint density at radius 1 is 1.12 bits per heavy atom. The van der Waals surface area contributed by atoms with E-state index in [1.807, 2.05) is 32.0 Å². The average Bonchev–Trinajstić information content (AvgIpc) is 3.09. The van der Waals surface area contributed by atoms with E-state index in [9.17, 15) is 15.0 Å². The third-order valence-electron chi connectivity index (χ3n) is 4.01. The highest BCUT2D eigenvalue weighted by Crippen LogP contribution is 2.22. The number of aromatic hydroxyl groups is 2. The highest BCUT2D eigenvalue weighted by Gasteiger charge is 2.11. The van der Waals surface area contributed by atoms with Gasteiger partial charge < -0.3 is 10.2 Å². The number of nitrogens with zero attached hydrogens (tertiary/aromatic N) is 2. The second-order valence-corrected chi connectivity index (χ2v) is 5.91. The number of phenolic OH excluding ortho intramolecular Hbond substituents is 2. The van der Waals surface area contributed by atoms with Crippen LogP contribution in [0.5, 0.6) is 11.5 Å². The summed E-state index contributed by atoms with van der Waals surface area (Å²) in [7, 11) is 0. The third kappa shape index (κ3) is 3.72. The van der Waals surface area contributed by atoms with E-state index in [2.05, 4.69) is 20.7 Å². The van der Waals surface area contributed by atoms with Crippen LogP contribution in [-0.4, -0.2) is 32.5 Å². The fourth-order valence-electron chi connectivity index (χ4n) is 2.35. The van der Waals surface area contributed by atoms with Crippen LogP contribution in [0.3, 0.4) is 0 Å². The van der Waals surface area contributed by atoms with E-state index in [0.717, 1.165) is 11.1 Å². The summed E-state index contributed by atoms with van der Waals surface area (Å²) in [6.45, 7) is 4.05. The molecule has 0 bridgehead atoms. The van der Waals surface area contributed by atoms with Crippen molar-refractivity contribution in [1.29, 1.82) is 0 Å². The summed E-state index contributed by atoms with van der Waals surface area (Å²) in [5, 5.41) is 29.6. The summed E-state index contributed by atoms with van der Waals surface area (Å²) < 4.78 is 0. The Labute approximate surface area is 150 Å². The first-order valence-electron chi connectivity index (χ1n) is 7.92. The van der Waals surface area contributed by atoms with E-state index in [0.29, 0.717) is 11.3 Å². The van der Waals surface area contributed by atoms with E-state index in [-0.39, 0.29) is 17.2 Å². The van der Waals surface area contributed by atoms with Gasteiger partial charge in [0.25, 0.3) is 5.91 Å². The molecular formula is C19H18N4O3. The highest BCUT2D eigenvalue weighted by atomic mass is 16.3. The largest absolute Gasteiger partial charge is 0.508 e. The predicted molar refractivity (Wildman–Crippen MR) is 98.3 cm³/mol. The lowest BCUT2D eigenvalue weighted by Gasteiger charge is -2.01. The Morgan fingerprint density at radius 3 is 2.65 bits per heavy atom. The van der Waals surface area contributed by atoms with Gasteiger partial charge in [-0.05, 0) is 49.2 Å². The van der Waals surface area contributed by atoms with Crippen molar-refractivity contribution >= 4 is 12.1 Å². The van der Waals surface area contributed by atoms with Crippen LogP contribution in [0.2, 0.25) is 0 Å². The lowest BCUT2D eigenvalue weighted by molar-refractivity contribution is 0.0950. The van der Waals surface area contributed by atoms with Crippen molar-refractivity contribution in [2.75, 3.05) is 0 Å². The van der Waals surface area contributed by atoms with Gasteiger partial charge in [-0.2, -0.15) is 10.2 Å². The van der Waals surface area contributed by atoms with Gasteiger partial charge in [0.05, 0.1) is 11.9 Å². The zero-order valence-corrected chi connectivity index (χ0v) is 14.3. The number of hydrazone groups is 1. The molecule has 26 heavy (non-hydrogen) atoms. The molecule has 7 heteroatoms. The molecule has 0 aliphatic rings. The van der Waals surface area contributed by atoms with Crippen LogP contribution in [0, 0.1) is 13.8 Å². The summed E-state index contributed by atoms with van der Waals surface area (Å²) >= 11 is 0. The number of carbonyl (C=O) groups is 1. The molecule has 0 unspecified atom stereocenters. The van der Waals surface area contributed by atoms with Gasteiger partial charge in [0.1, 0.15) is 17.2 Å². The van der Waals surface area contributed by atoms with Crippen molar-refractivity contribution in [3.8, 4) is 22.8 Å². The monoisotopic (exact) mass is 350 g/mol. The van der Waals surface area contributed by atoms with Gasteiger partial charge in [0.15, 0.2) is 0 Å². The minimum absolute atomic E-state index is 0.0555. The maximum Gasteiger partial charge on any atom is 0.289 e. The normalized spacial score (nSPS) is 11.0. The van der Waals surface area contributed by atoms with Crippen molar-refractivity contribution in [1.82, 2.24) is 15.6 Å². The Hall–Kier alpha value is -3.61. The minimum atomic E-state index is -0.456. The zero-order valence-electron chi connectivity index (χ0n) is 14.3. The fourth-order valence-corrected chi connectivity index (χ4v) is 2.35. The molecule has 3 aromatic rings. The smallest absolute Gasteiger partial charge is 0.289 e. The van der Waals surface area contributed by atoms with Gasteiger partial charge in [-0.3, -0.25) is 9.89 Å². The third-order valence-corrected chi connectivity index (χ3v) is 4.01. The second kappa shape index (κ2) is 7.10. The maximum absolute atomic E-state index is 12.1. The van der Waals surface area contributed by atoms with Gasteiger partial charge >= 0.3 is 0 Å². The molecule has 1 amide bonds. The summed E-state index contributed by atoms with van der Waals surface area (Å²) in [6, 6.07) is 11.7. The highest BCUT2D eigenvalue weighted by molar-refractivity contribution is 5.94. The second-order valence-electron chi connectivity index (χ2n) is 5.91. The Morgan fingerprint density at radius 2 is 1.92 bits per heavy atom. The van der Waals surface area contributed by atoms with Gasteiger partial charge in [-0.15, -0.1) is 0 Å². The van der Waals surface area contributed by atoms with E-state index in [4.69, 9.17) is 0 Å². The first kappa shape index (κ1) is 17.2. The number of hydrogen-bond donors (Lipinski definition) is 4. The van der Waals surface area contributed by atoms with Crippen LogP contribution < -0.4 is 5.43 Å². The number of phenols is 2. The lowest BCUT2D eigenvalue weighted by atomic mass is 10.0. The van der Waals surface area contributed by atoms with Crippen LogP contribution in [0.25, 0.3) is 11.3 Å². The van der Waals surface area contributed by atoms with Crippen molar-refractivity contribution < 1.29 is 15.0 Å². The Bertz CT molecular complexity index is 992.